The molecule has 3 rings (SSSR count). The highest BCUT2D eigenvalue weighted by molar-refractivity contribution is 5.87. The molecule has 0 saturated heterocycles. The normalized spacial score (nSPS) is 18.7. The van der Waals surface area contributed by atoms with Gasteiger partial charge in [-0.3, -0.25) is 4.79 Å². The number of aliphatic hydroxyl groups excluding tert-OH is 2. The quantitative estimate of drug-likeness (QED) is 0.570. The second-order valence-electron chi connectivity index (χ2n) is 8.31. The van der Waals surface area contributed by atoms with Gasteiger partial charge in [0, 0.05) is 11.6 Å². The van der Waals surface area contributed by atoms with Crippen LogP contribution in [0.3, 0.4) is 0 Å². The van der Waals surface area contributed by atoms with Crippen LogP contribution in [0.15, 0.2) is 26.9 Å². The molecule has 0 amide bonds. The Morgan fingerprint density at radius 1 is 1.24 bits per heavy atom. The van der Waals surface area contributed by atoms with E-state index in [0.29, 0.717) is 17.9 Å². The van der Waals surface area contributed by atoms with Gasteiger partial charge in [0.2, 0.25) is 5.43 Å². The summed E-state index contributed by atoms with van der Waals surface area (Å²) in [6, 6.07) is 1.31. The summed E-state index contributed by atoms with van der Waals surface area (Å²) in [4.78, 5) is 13.4. The number of hydrogen-bond donors (Lipinski definition) is 4. The van der Waals surface area contributed by atoms with Gasteiger partial charge in [0.1, 0.15) is 40.1 Å². The Morgan fingerprint density at radius 3 is 2.55 bits per heavy atom. The SMILES string of the molecule is CC(C)=CCc1c(O)cc2oc3c(c(=O)c2c1O)=C(CCC(C)C)C(O)C(O)C=3. The molecule has 0 fully saturated rings. The molecular weight excluding hydrogens is 372 g/mol. The summed E-state index contributed by atoms with van der Waals surface area (Å²) >= 11 is 0. The van der Waals surface area contributed by atoms with Crippen LogP contribution in [0, 0.1) is 5.92 Å². The predicted molar refractivity (Wildman–Crippen MR) is 112 cm³/mol. The minimum atomic E-state index is -1.20. The molecule has 0 bridgehead atoms. The fourth-order valence-corrected chi connectivity index (χ4v) is 3.62. The molecule has 6 nitrogen and oxygen atoms in total. The maximum atomic E-state index is 13.4. The average molecular weight is 400 g/mol. The fraction of sp³-hybridized carbons (Fsp3) is 0.435. The van der Waals surface area contributed by atoms with Gasteiger partial charge in [-0.1, -0.05) is 25.5 Å². The lowest BCUT2D eigenvalue weighted by Crippen LogP contribution is -2.49. The van der Waals surface area contributed by atoms with E-state index in [-0.39, 0.29) is 45.1 Å². The molecule has 4 N–H and O–H groups in total. The average Bonchev–Trinajstić information content (AvgIpc) is 2.61. The Kier molecular flexibility index (Phi) is 5.87. The Bertz CT molecular complexity index is 1150. The number of phenols is 2. The second-order valence-corrected chi connectivity index (χ2v) is 8.31. The van der Waals surface area contributed by atoms with Crippen LogP contribution < -0.4 is 16.1 Å². The molecule has 0 aliphatic heterocycles. The van der Waals surface area contributed by atoms with Crippen molar-refractivity contribution < 1.29 is 24.8 Å². The smallest absolute Gasteiger partial charge is 0.204 e. The predicted octanol–water partition coefficient (Wildman–Crippen LogP) is 1.82. The molecule has 6 heteroatoms. The van der Waals surface area contributed by atoms with Crippen molar-refractivity contribution in [3.05, 3.63) is 44.1 Å². The molecule has 0 spiro atoms. The first kappa shape index (κ1) is 21.1. The highest BCUT2D eigenvalue weighted by Crippen LogP contribution is 2.34. The standard InChI is InChI=1S/C23H28O6/c1-11(2)5-7-13-15(24)9-18-20(22(13)27)23(28)19-14(8-6-12(3)4)21(26)16(25)10-17(19)29-18/h5,9-10,12,16,21,24-27H,6-8H2,1-4H3. The third-order valence-corrected chi connectivity index (χ3v) is 5.30. The molecule has 1 heterocycles. The van der Waals surface area contributed by atoms with Crippen molar-refractivity contribution in [1.82, 2.24) is 0 Å². The molecule has 0 radical (unpaired) electrons. The van der Waals surface area contributed by atoms with E-state index in [1.807, 2.05) is 33.8 Å². The van der Waals surface area contributed by atoms with Crippen LogP contribution in [0.5, 0.6) is 11.5 Å². The summed E-state index contributed by atoms with van der Waals surface area (Å²) in [5, 5.41) is 42.0. The third kappa shape index (κ3) is 3.95. The summed E-state index contributed by atoms with van der Waals surface area (Å²) in [5.74, 6) is -0.149. The van der Waals surface area contributed by atoms with E-state index in [1.54, 1.807) is 0 Å². The van der Waals surface area contributed by atoms with E-state index in [0.717, 1.165) is 12.0 Å². The largest absolute Gasteiger partial charge is 0.507 e. The van der Waals surface area contributed by atoms with E-state index in [4.69, 9.17) is 4.42 Å². The van der Waals surface area contributed by atoms with Crippen molar-refractivity contribution in [2.45, 2.75) is 59.2 Å². The number of benzene rings is 1. The van der Waals surface area contributed by atoms with Gasteiger partial charge in [0.15, 0.2) is 0 Å². The van der Waals surface area contributed by atoms with Crippen molar-refractivity contribution in [1.29, 1.82) is 0 Å². The van der Waals surface area contributed by atoms with Crippen LogP contribution in [0.4, 0.5) is 0 Å². The van der Waals surface area contributed by atoms with Crippen molar-refractivity contribution in [2.24, 2.45) is 5.92 Å². The molecule has 0 saturated carbocycles. The molecule has 156 valence electrons. The van der Waals surface area contributed by atoms with Gasteiger partial charge in [-0.05, 0) is 50.7 Å². The van der Waals surface area contributed by atoms with Crippen LogP contribution in [-0.2, 0) is 6.42 Å². The molecule has 1 aliphatic carbocycles. The summed E-state index contributed by atoms with van der Waals surface area (Å²) in [6.45, 7) is 7.87. The lowest BCUT2D eigenvalue weighted by Gasteiger charge is -2.22. The Balaban J connectivity index is 2.38. The van der Waals surface area contributed by atoms with Gasteiger partial charge in [0.25, 0.3) is 0 Å². The fourth-order valence-electron chi connectivity index (χ4n) is 3.62. The lowest BCUT2D eigenvalue weighted by atomic mass is 9.90. The van der Waals surface area contributed by atoms with Crippen LogP contribution in [-0.4, -0.2) is 32.6 Å². The molecule has 2 atom stereocenters. The first-order valence-electron chi connectivity index (χ1n) is 9.86. The monoisotopic (exact) mass is 400 g/mol. The summed E-state index contributed by atoms with van der Waals surface area (Å²) in [7, 11) is 0. The van der Waals surface area contributed by atoms with Gasteiger partial charge >= 0.3 is 0 Å². The van der Waals surface area contributed by atoms with Gasteiger partial charge in [-0.15, -0.1) is 0 Å². The van der Waals surface area contributed by atoms with Crippen LogP contribution >= 0.6 is 0 Å². The van der Waals surface area contributed by atoms with E-state index in [2.05, 4.69) is 0 Å². The third-order valence-electron chi connectivity index (χ3n) is 5.30. The van der Waals surface area contributed by atoms with Crippen LogP contribution in [0.25, 0.3) is 22.6 Å². The molecule has 2 aromatic rings. The number of aliphatic hydroxyl groups is 2. The van der Waals surface area contributed by atoms with Gasteiger partial charge in [-0.2, -0.15) is 0 Å². The van der Waals surface area contributed by atoms with E-state index >= 15 is 0 Å². The van der Waals surface area contributed by atoms with Crippen LogP contribution in [0.1, 0.15) is 46.1 Å². The topological polar surface area (TPSA) is 111 Å². The first-order chi connectivity index (χ1) is 13.6. The first-order valence-corrected chi connectivity index (χ1v) is 9.86. The minimum absolute atomic E-state index is 0.0299. The minimum Gasteiger partial charge on any atom is -0.507 e. The number of aromatic hydroxyl groups is 2. The molecule has 1 aliphatic rings. The summed E-state index contributed by atoms with van der Waals surface area (Å²) in [5.41, 5.74) is 1.38. The number of allylic oxidation sites excluding steroid dienone is 2. The molecule has 2 unspecified atom stereocenters. The number of rotatable bonds is 5. The number of phenolic OH excluding ortho intramolecular Hbond substituents is 2. The van der Waals surface area contributed by atoms with E-state index in [9.17, 15) is 25.2 Å². The zero-order chi connectivity index (χ0) is 21.5. The van der Waals surface area contributed by atoms with Crippen LogP contribution in [0.2, 0.25) is 0 Å². The number of fused-ring (bicyclic) bond motifs is 2. The molecule has 29 heavy (non-hydrogen) atoms. The van der Waals surface area contributed by atoms with Gasteiger partial charge < -0.3 is 24.8 Å². The van der Waals surface area contributed by atoms with E-state index in [1.165, 1.54) is 12.1 Å². The summed E-state index contributed by atoms with van der Waals surface area (Å²) in [6.07, 6.45) is 2.17. The Labute approximate surface area is 168 Å². The summed E-state index contributed by atoms with van der Waals surface area (Å²) < 4.78 is 5.78. The van der Waals surface area contributed by atoms with Crippen molar-refractivity contribution >= 4 is 22.6 Å². The highest BCUT2D eigenvalue weighted by atomic mass is 16.3. The molecular formula is C23H28O6. The van der Waals surface area contributed by atoms with Crippen molar-refractivity contribution in [3.8, 4) is 11.5 Å². The Morgan fingerprint density at radius 2 is 1.93 bits per heavy atom. The zero-order valence-corrected chi connectivity index (χ0v) is 17.2. The van der Waals surface area contributed by atoms with E-state index < -0.39 is 17.6 Å². The maximum absolute atomic E-state index is 13.4. The molecule has 1 aromatic carbocycles. The molecule has 1 aromatic heterocycles. The zero-order valence-electron chi connectivity index (χ0n) is 17.2. The highest BCUT2D eigenvalue weighted by Gasteiger charge is 2.27. The lowest BCUT2D eigenvalue weighted by molar-refractivity contribution is 0.0913. The second kappa shape index (κ2) is 8.05. The Hall–Kier alpha value is -2.57. The number of hydrogen-bond acceptors (Lipinski definition) is 6. The van der Waals surface area contributed by atoms with Gasteiger partial charge in [-0.25, -0.2) is 0 Å². The van der Waals surface area contributed by atoms with Crippen molar-refractivity contribution in [2.75, 3.05) is 0 Å². The maximum Gasteiger partial charge on any atom is 0.204 e. The van der Waals surface area contributed by atoms with Crippen molar-refractivity contribution in [3.63, 3.8) is 0 Å². The van der Waals surface area contributed by atoms with Gasteiger partial charge in [0.05, 0.1) is 5.22 Å².